The third kappa shape index (κ3) is 8.77. The second-order valence-corrected chi connectivity index (χ2v) is 1.89. The molecular weight excluding hydrogens is 189 g/mol. The van der Waals surface area contributed by atoms with Crippen LogP contribution in [0.5, 0.6) is 0 Å². The van der Waals surface area contributed by atoms with Crippen molar-refractivity contribution >= 4 is 94.7 Å². The molecule has 55 valence electrons. The predicted molar refractivity (Wildman–Crippen MR) is 49.3 cm³/mol. The summed E-state index contributed by atoms with van der Waals surface area (Å²) in [5.41, 5.74) is 10.2. The smallest absolute Gasteiger partial charge is 0.327 e. The van der Waals surface area contributed by atoms with Gasteiger partial charge in [-0.3, -0.25) is 5.43 Å². The fourth-order valence-electron chi connectivity index (χ4n) is 0.759. The van der Waals surface area contributed by atoms with Crippen molar-refractivity contribution in [2.45, 2.75) is 6.42 Å². The van der Waals surface area contributed by atoms with Crippen molar-refractivity contribution in [2.24, 2.45) is 5.73 Å². The molecule has 8 heteroatoms. The summed E-state index contributed by atoms with van der Waals surface area (Å²) in [6, 6.07) is -0.524. The zero-order chi connectivity index (χ0) is 6.69. The van der Waals surface area contributed by atoms with Crippen LogP contribution in [0.25, 0.3) is 0 Å². The van der Waals surface area contributed by atoms with Crippen LogP contribution in [0.2, 0.25) is 0 Å². The first kappa shape index (κ1) is 19.7. The summed E-state index contributed by atoms with van der Waals surface area (Å²) in [5, 5.41) is 1.59. The second-order valence-electron chi connectivity index (χ2n) is 1.89. The van der Waals surface area contributed by atoms with E-state index in [1.165, 1.54) is 0 Å². The van der Waals surface area contributed by atoms with Gasteiger partial charge in [0.05, 0.1) is 0 Å². The molecule has 0 saturated carbocycles. The van der Waals surface area contributed by atoms with Gasteiger partial charge in [0.15, 0.2) is 0 Å². The van der Waals surface area contributed by atoms with Crippen LogP contribution in [0.4, 0.5) is 4.79 Å². The predicted octanol–water partition coefficient (Wildman–Crippen LogP) is -2.36. The zero-order valence-electron chi connectivity index (χ0n) is 8.05. The first-order chi connectivity index (χ1) is 4.29. The molecule has 3 radical (unpaired) electrons. The molecule has 1 heterocycles. The molecule has 2 amide bonds. The van der Waals surface area contributed by atoms with Gasteiger partial charge in [-0.25, -0.2) is 10.2 Å². The molecule has 0 atom stereocenters. The number of hydrazine groups is 2. The van der Waals surface area contributed by atoms with E-state index in [-0.39, 0.29) is 88.7 Å². The van der Waals surface area contributed by atoms with E-state index in [9.17, 15) is 4.79 Å². The fourth-order valence-corrected chi connectivity index (χ4v) is 0.759. The minimum absolute atomic E-state index is 0. The van der Waals surface area contributed by atoms with E-state index in [0.29, 0.717) is 0 Å². The maximum Gasteiger partial charge on any atom is 0.327 e. The van der Waals surface area contributed by atoms with Crippen molar-refractivity contribution in [1.82, 2.24) is 16.0 Å². The number of hydrogen-bond donors (Lipinski definition) is 3. The number of urea groups is 1. The number of rotatable bonds is 1. The summed E-state index contributed by atoms with van der Waals surface area (Å²) in [7, 11) is 0. The number of carbonyl (C=O) groups excluding carboxylic acids is 1. The summed E-state index contributed by atoms with van der Waals surface area (Å²) in [6.45, 7) is 1.73. The number of nitrogens with two attached hydrogens (primary N) is 1. The Morgan fingerprint density at radius 3 is 2.33 bits per heavy atom. The Morgan fingerprint density at radius 2 is 2.00 bits per heavy atom. The van der Waals surface area contributed by atoms with Crippen molar-refractivity contribution in [3.63, 3.8) is 0 Å². The Balaban J connectivity index is -0.000000270. The summed E-state index contributed by atoms with van der Waals surface area (Å²) >= 11 is 0. The van der Waals surface area contributed by atoms with Gasteiger partial charge in [-0.2, -0.15) is 5.12 Å². The van der Waals surface area contributed by atoms with Crippen LogP contribution in [-0.2, 0) is 0 Å². The average molecular weight is 199 g/mol. The molecule has 12 heavy (non-hydrogen) atoms. The van der Waals surface area contributed by atoms with Crippen LogP contribution in [-0.4, -0.2) is 113 Å². The minimum Gasteiger partial charge on any atom is -0.351 e. The number of nitrogens with zero attached hydrogens (tertiary/aromatic N) is 1. The molecular formula is C4H10N4Na3O. The number of hydrogen-bond acceptors (Lipinski definition) is 3. The molecule has 0 spiro atoms. The largest absolute Gasteiger partial charge is 0.351 e. The van der Waals surface area contributed by atoms with E-state index in [1.54, 1.807) is 5.12 Å². The molecule has 0 aromatic rings. The van der Waals surface area contributed by atoms with Crippen molar-refractivity contribution in [1.29, 1.82) is 0 Å². The Morgan fingerprint density at radius 1 is 1.42 bits per heavy atom. The van der Waals surface area contributed by atoms with Gasteiger partial charge in [0, 0.05) is 102 Å². The second kappa shape index (κ2) is 11.3. The van der Waals surface area contributed by atoms with Crippen LogP contribution in [0.3, 0.4) is 0 Å². The van der Waals surface area contributed by atoms with E-state index in [0.717, 1.165) is 19.5 Å². The van der Waals surface area contributed by atoms with E-state index < -0.39 is 6.03 Å². The van der Waals surface area contributed by atoms with Crippen molar-refractivity contribution in [3.05, 3.63) is 0 Å². The molecule has 1 aliphatic heterocycles. The Bertz CT molecular complexity index is 119. The van der Waals surface area contributed by atoms with E-state index in [1.807, 2.05) is 0 Å². The topological polar surface area (TPSA) is 70.4 Å². The van der Waals surface area contributed by atoms with Gasteiger partial charge in [0.1, 0.15) is 0 Å². The molecule has 5 nitrogen and oxygen atoms in total. The SMILES string of the molecule is NC(=O)NN1CCCN1.[Na].[Na].[Na]. The van der Waals surface area contributed by atoms with Crippen molar-refractivity contribution < 1.29 is 4.79 Å². The van der Waals surface area contributed by atoms with Gasteiger partial charge < -0.3 is 5.73 Å². The van der Waals surface area contributed by atoms with Crippen molar-refractivity contribution in [2.75, 3.05) is 13.1 Å². The molecule has 0 aliphatic carbocycles. The maximum absolute atomic E-state index is 10.2. The van der Waals surface area contributed by atoms with Gasteiger partial charge >= 0.3 is 6.03 Å². The normalized spacial score (nSPS) is 15.0. The average Bonchev–Trinajstić information content (AvgIpc) is 2.15. The van der Waals surface area contributed by atoms with E-state index >= 15 is 0 Å². The summed E-state index contributed by atoms with van der Waals surface area (Å²) < 4.78 is 0. The standard InChI is InChI=1S/C4H10N4O.3Na/c5-4(9)7-8-3-1-2-6-8;;;/h6H,1-3H2,(H3,5,7,9);;;. The van der Waals surface area contributed by atoms with Crippen LogP contribution in [0, 0.1) is 0 Å². The van der Waals surface area contributed by atoms with Crippen LogP contribution in [0.15, 0.2) is 0 Å². The number of amides is 2. The van der Waals surface area contributed by atoms with Gasteiger partial charge in [0.25, 0.3) is 0 Å². The van der Waals surface area contributed by atoms with Gasteiger partial charge in [-0.15, -0.1) is 0 Å². The van der Waals surface area contributed by atoms with Crippen molar-refractivity contribution in [3.8, 4) is 0 Å². The summed E-state index contributed by atoms with van der Waals surface area (Å²) in [6.07, 6.45) is 1.04. The summed E-state index contributed by atoms with van der Waals surface area (Å²) in [4.78, 5) is 10.2. The third-order valence-corrected chi connectivity index (χ3v) is 1.11. The molecule has 1 aliphatic rings. The molecule has 1 saturated heterocycles. The first-order valence-corrected chi connectivity index (χ1v) is 2.86. The molecule has 0 bridgehead atoms. The van der Waals surface area contributed by atoms with Gasteiger partial charge in [0.2, 0.25) is 0 Å². The van der Waals surface area contributed by atoms with Crippen LogP contribution in [0.1, 0.15) is 6.42 Å². The maximum atomic E-state index is 10.2. The molecule has 4 N–H and O–H groups in total. The number of nitrogens with one attached hydrogen (secondary N) is 2. The van der Waals surface area contributed by atoms with Crippen LogP contribution >= 0.6 is 0 Å². The molecule has 0 aromatic heterocycles. The fraction of sp³-hybridized carbons (Fsp3) is 0.750. The minimum atomic E-state index is -0.524. The van der Waals surface area contributed by atoms with E-state index in [4.69, 9.17) is 5.73 Å². The van der Waals surface area contributed by atoms with E-state index in [2.05, 4.69) is 10.9 Å². The van der Waals surface area contributed by atoms with Gasteiger partial charge in [-0.05, 0) is 6.42 Å². The molecule has 1 fully saturated rings. The molecule has 0 aromatic carbocycles. The van der Waals surface area contributed by atoms with Gasteiger partial charge in [-0.1, -0.05) is 0 Å². The Labute approximate surface area is 138 Å². The van der Waals surface area contributed by atoms with Crippen LogP contribution < -0.4 is 16.6 Å². The number of primary amides is 1. The monoisotopic (exact) mass is 199 g/mol. The molecule has 0 unspecified atom stereocenters. The quantitative estimate of drug-likeness (QED) is 0.414. The number of carbonyl (C=O) groups is 1. The first-order valence-electron chi connectivity index (χ1n) is 2.86. The zero-order valence-corrected chi connectivity index (χ0v) is 14.1. The summed E-state index contributed by atoms with van der Waals surface area (Å²) in [5.74, 6) is 0. The molecule has 1 rings (SSSR count). The Hall–Kier alpha value is 2.19. The third-order valence-electron chi connectivity index (χ3n) is 1.11. The Kier molecular flexibility index (Phi) is 18.5.